The van der Waals surface area contributed by atoms with Crippen LogP contribution in [0.25, 0.3) is 0 Å². The summed E-state index contributed by atoms with van der Waals surface area (Å²) < 4.78 is 11.8. The predicted octanol–water partition coefficient (Wildman–Crippen LogP) is 2.25. The SMILES string of the molecule is Nc1ccccc1SF. The summed E-state index contributed by atoms with van der Waals surface area (Å²) in [6.07, 6.45) is 0. The Hall–Kier alpha value is -0.700. The molecule has 0 fully saturated rings. The van der Waals surface area contributed by atoms with Crippen LogP contribution in [0.1, 0.15) is 0 Å². The summed E-state index contributed by atoms with van der Waals surface area (Å²) in [5.74, 6) is 0. The van der Waals surface area contributed by atoms with Crippen molar-refractivity contribution < 1.29 is 3.89 Å². The molecule has 0 aromatic heterocycles. The van der Waals surface area contributed by atoms with E-state index >= 15 is 0 Å². The van der Waals surface area contributed by atoms with E-state index in [2.05, 4.69) is 0 Å². The molecule has 0 amide bonds. The second kappa shape index (κ2) is 2.73. The van der Waals surface area contributed by atoms with Gasteiger partial charge in [-0.3, -0.25) is 0 Å². The fourth-order valence-electron chi connectivity index (χ4n) is 0.551. The fourth-order valence-corrected chi connectivity index (χ4v) is 0.838. The van der Waals surface area contributed by atoms with Gasteiger partial charge >= 0.3 is 0 Å². The lowest BCUT2D eigenvalue weighted by Gasteiger charge is -1.94. The molecule has 0 heterocycles. The third-order valence-corrected chi connectivity index (χ3v) is 1.54. The topological polar surface area (TPSA) is 26.0 Å². The molecule has 0 bridgehead atoms. The van der Waals surface area contributed by atoms with Gasteiger partial charge in [0.2, 0.25) is 0 Å². The van der Waals surface area contributed by atoms with Gasteiger partial charge in [0, 0.05) is 5.69 Å². The number of anilines is 1. The third kappa shape index (κ3) is 1.36. The minimum Gasteiger partial charge on any atom is -0.398 e. The minimum atomic E-state index is 0.170. The number of hydrogen-bond acceptors (Lipinski definition) is 2. The minimum absolute atomic E-state index is 0.170. The van der Waals surface area contributed by atoms with Crippen LogP contribution in [-0.4, -0.2) is 0 Å². The Kier molecular flexibility index (Phi) is 1.95. The highest BCUT2D eigenvalue weighted by Gasteiger charge is 1.94. The molecule has 0 saturated heterocycles. The van der Waals surface area contributed by atoms with Crippen LogP contribution < -0.4 is 5.73 Å². The Bertz CT molecular complexity index is 202. The van der Waals surface area contributed by atoms with E-state index in [0.717, 1.165) is 0 Å². The molecule has 1 nitrogen and oxygen atoms in total. The predicted molar refractivity (Wildman–Crippen MR) is 37.8 cm³/mol. The zero-order valence-corrected chi connectivity index (χ0v) is 5.49. The van der Waals surface area contributed by atoms with Crippen molar-refractivity contribution in [2.24, 2.45) is 0 Å². The van der Waals surface area contributed by atoms with Crippen LogP contribution in [0.3, 0.4) is 0 Å². The first-order valence-electron chi connectivity index (χ1n) is 2.47. The van der Waals surface area contributed by atoms with Gasteiger partial charge in [-0.2, -0.15) is 3.89 Å². The van der Waals surface area contributed by atoms with E-state index in [1.807, 2.05) is 0 Å². The van der Waals surface area contributed by atoms with Crippen molar-refractivity contribution in [3.63, 3.8) is 0 Å². The standard InChI is InChI=1S/C6H6FNS/c7-9-6-4-2-1-3-5(6)8/h1-4H,8H2. The van der Waals surface area contributed by atoms with Crippen molar-refractivity contribution in [2.45, 2.75) is 4.90 Å². The van der Waals surface area contributed by atoms with Crippen molar-refractivity contribution >= 4 is 17.8 Å². The van der Waals surface area contributed by atoms with Gasteiger partial charge in [-0.05, 0) is 12.1 Å². The molecule has 0 unspecified atom stereocenters. The second-order valence-electron chi connectivity index (χ2n) is 1.61. The maximum absolute atomic E-state index is 11.8. The monoisotopic (exact) mass is 143 g/mol. The summed E-state index contributed by atoms with van der Waals surface area (Å²) in [7, 11) is 0. The Labute approximate surface area is 57.4 Å². The molecule has 0 radical (unpaired) electrons. The maximum atomic E-state index is 11.8. The highest BCUT2D eigenvalue weighted by molar-refractivity contribution is 7.94. The fraction of sp³-hybridized carbons (Fsp3) is 0. The smallest absolute Gasteiger partial charge is 0.0833 e. The highest BCUT2D eigenvalue weighted by Crippen LogP contribution is 2.24. The Balaban J connectivity index is 3.01. The molecule has 48 valence electrons. The summed E-state index contributed by atoms with van der Waals surface area (Å²) in [6.45, 7) is 0. The summed E-state index contributed by atoms with van der Waals surface area (Å²) in [5, 5.41) is 0. The molecule has 0 aliphatic rings. The van der Waals surface area contributed by atoms with E-state index in [4.69, 9.17) is 5.73 Å². The van der Waals surface area contributed by atoms with E-state index in [0.29, 0.717) is 10.6 Å². The third-order valence-electron chi connectivity index (χ3n) is 1.00. The normalized spacial score (nSPS) is 9.44. The molecule has 0 aliphatic heterocycles. The summed E-state index contributed by atoms with van der Waals surface area (Å²) in [4.78, 5) is 0.484. The molecule has 1 rings (SSSR count). The van der Waals surface area contributed by atoms with Crippen LogP contribution >= 0.6 is 12.1 Å². The zero-order chi connectivity index (χ0) is 6.69. The van der Waals surface area contributed by atoms with E-state index in [1.165, 1.54) is 0 Å². The van der Waals surface area contributed by atoms with Crippen molar-refractivity contribution in [1.29, 1.82) is 0 Å². The van der Waals surface area contributed by atoms with Crippen LogP contribution in [0.4, 0.5) is 9.57 Å². The summed E-state index contributed by atoms with van der Waals surface area (Å²) >= 11 is 0.170. The van der Waals surface area contributed by atoms with Crippen molar-refractivity contribution in [2.75, 3.05) is 5.73 Å². The van der Waals surface area contributed by atoms with E-state index in [9.17, 15) is 3.89 Å². The second-order valence-corrected chi connectivity index (χ2v) is 2.21. The molecule has 3 heteroatoms. The van der Waals surface area contributed by atoms with Crippen molar-refractivity contribution in [1.82, 2.24) is 0 Å². The summed E-state index contributed by atoms with van der Waals surface area (Å²) in [6, 6.07) is 6.83. The largest absolute Gasteiger partial charge is 0.398 e. The van der Waals surface area contributed by atoms with Gasteiger partial charge in [0.1, 0.15) is 0 Å². The first kappa shape index (κ1) is 6.42. The number of nitrogens with two attached hydrogens (primary N) is 1. The molecule has 1 aromatic rings. The lowest BCUT2D eigenvalue weighted by atomic mass is 10.3. The maximum Gasteiger partial charge on any atom is 0.0833 e. The van der Waals surface area contributed by atoms with E-state index in [-0.39, 0.29) is 12.1 Å². The quantitative estimate of drug-likeness (QED) is 0.610. The van der Waals surface area contributed by atoms with Crippen LogP contribution in [0.2, 0.25) is 0 Å². The number of benzene rings is 1. The number of halogens is 1. The van der Waals surface area contributed by atoms with Gasteiger partial charge in [0.15, 0.2) is 0 Å². The Morgan fingerprint density at radius 2 is 2.00 bits per heavy atom. The molecular weight excluding hydrogens is 137 g/mol. The Morgan fingerprint density at radius 1 is 1.33 bits per heavy atom. The van der Waals surface area contributed by atoms with Gasteiger partial charge in [0.25, 0.3) is 0 Å². The van der Waals surface area contributed by atoms with Crippen LogP contribution in [0.5, 0.6) is 0 Å². The summed E-state index contributed by atoms with van der Waals surface area (Å²) in [5.41, 5.74) is 5.86. The lowest BCUT2D eigenvalue weighted by molar-refractivity contribution is 0.935. The van der Waals surface area contributed by atoms with Crippen molar-refractivity contribution in [3.8, 4) is 0 Å². The van der Waals surface area contributed by atoms with Gasteiger partial charge in [-0.15, -0.1) is 0 Å². The zero-order valence-electron chi connectivity index (χ0n) is 4.67. The van der Waals surface area contributed by atoms with Crippen LogP contribution in [-0.2, 0) is 0 Å². The van der Waals surface area contributed by atoms with Gasteiger partial charge in [-0.1, -0.05) is 12.1 Å². The lowest BCUT2D eigenvalue weighted by Crippen LogP contribution is -1.84. The first-order valence-corrected chi connectivity index (χ1v) is 3.19. The molecule has 0 saturated carbocycles. The molecule has 1 aromatic carbocycles. The molecule has 9 heavy (non-hydrogen) atoms. The molecule has 0 aliphatic carbocycles. The Morgan fingerprint density at radius 3 is 2.44 bits per heavy atom. The first-order chi connectivity index (χ1) is 4.34. The molecular formula is C6H6FNS. The van der Waals surface area contributed by atoms with E-state index in [1.54, 1.807) is 24.3 Å². The number of rotatable bonds is 1. The average Bonchev–Trinajstić information content (AvgIpc) is 1.89. The van der Waals surface area contributed by atoms with Gasteiger partial charge in [-0.25, -0.2) is 0 Å². The van der Waals surface area contributed by atoms with Gasteiger partial charge < -0.3 is 5.73 Å². The number of nitrogen functional groups attached to an aromatic ring is 1. The van der Waals surface area contributed by atoms with Crippen LogP contribution in [0, 0.1) is 0 Å². The molecule has 0 spiro atoms. The highest BCUT2D eigenvalue weighted by atomic mass is 32.2. The molecule has 2 N–H and O–H groups in total. The van der Waals surface area contributed by atoms with Crippen molar-refractivity contribution in [3.05, 3.63) is 24.3 Å². The number of hydrogen-bond donors (Lipinski definition) is 1. The van der Waals surface area contributed by atoms with E-state index < -0.39 is 0 Å². The van der Waals surface area contributed by atoms with Crippen LogP contribution in [0.15, 0.2) is 29.2 Å². The number of para-hydroxylation sites is 1. The molecule has 0 atom stereocenters. The average molecular weight is 143 g/mol. The van der Waals surface area contributed by atoms with Gasteiger partial charge in [0.05, 0.1) is 17.0 Å².